The van der Waals surface area contributed by atoms with E-state index in [0.29, 0.717) is 42.6 Å². The Balaban J connectivity index is 1.26. The first kappa shape index (κ1) is 23.4. The van der Waals surface area contributed by atoms with Crippen molar-refractivity contribution in [1.82, 2.24) is 25.0 Å². The Morgan fingerprint density at radius 1 is 1.05 bits per heavy atom. The van der Waals surface area contributed by atoms with Crippen LogP contribution in [0.2, 0.25) is 0 Å². The normalized spacial score (nSPS) is 16.5. The van der Waals surface area contributed by atoms with Crippen molar-refractivity contribution in [3.05, 3.63) is 71.9 Å². The minimum atomic E-state index is -0.341. The molecule has 0 aliphatic carbocycles. The van der Waals surface area contributed by atoms with E-state index >= 15 is 0 Å². The van der Waals surface area contributed by atoms with Crippen molar-refractivity contribution in [2.75, 3.05) is 43.2 Å². The maximum atomic E-state index is 13.6. The summed E-state index contributed by atoms with van der Waals surface area (Å²) in [5.74, 6) is 0.164. The van der Waals surface area contributed by atoms with Gasteiger partial charge in [0.25, 0.3) is 5.91 Å². The average Bonchev–Trinajstić information content (AvgIpc) is 3.51. The van der Waals surface area contributed by atoms with Crippen LogP contribution in [0, 0.1) is 5.82 Å². The Hall–Kier alpha value is -4.02. The summed E-state index contributed by atoms with van der Waals surface area (Å²) in [6, 6.07) is 10.6. The first-order valence-corrected chi connectivity index (χ1v) is 12.5. The second kappa shape index (κ2) is 10.2. The van der Waals surface area contributed by atoms with Gasteiger partial charge in [0.15, 0.2) is 0 Å². The predicted molar refractivity (Wildman–Crippen MR) is 140 cm³/mol. The van der Waals surface area contributed by atoms with Gasteiger partial charge >= 0.3 is 0 Å². The van der Waals surface area contributed by atoms with Gasteiger partial charge in [0, 0.05) is 37.5 Å². The van der Waals surface area contributed by atoms with E-state index in [-0.39, 0.29) is 11.7 Å². The Morgan fingerprint density at radius 3 is 2.89 bits per heavy atom. The highest BCUT2D eigenvalue weighted by atomic mass is 19.1. The van der Waals surface area contributed by atoms with E-state index in [2.05, 4.69) is 30.8 Å². The monoisotopic (exact) mass is 501 g/mol. The van der Waals surface area contributed by atoms with Crippen LogP contribution < -0.4 is 20.9 Å². The van der Waals surface area contributed by atoms with Gasteiger partial charge in [-0.05, 0) is 49.2 Å². The lowest BCUT2D eigenvalue weighted by molar-refractivity contribution is 0.0966. The second-order valence-electron chi connectivity index (χ2n) is 9.20. The highest BCUT2D eigenvalue weighted by Crippen LogP contribution is 2.35. The molecule has 1 aromatic carbocycles. The van der Waals surface area contributed by atoms with Crippen LogP contribution in [0.3, 0.4) is 0 Å². The number of anilines is 3. The van der Waals surface area contributed by atoms with Crippen molar-refractivity contribution in [3.63, 3.8) is 0 Å². The van der Waals surface area contributed by atoms with E-state index in [9.17, 15) is 9.18 Å². The third-order valence-corrected chi connectivity index (χ3v) is 6.79. The van der Waals surface area contributed by atoms with Crippen LogP contribution in [0.4, 0.5) is 21.6 Å². The number of rotatable bonds is 4. The van der Waals surface area contributed by atoms with Gasteiger partial charge in [-0.1, -0.05) is 6.07 Å². The van der Waals surface area contributed by atoms with Crippen molar-refractivity contribution >= 4 is 28.7 Å². The summed E-state index contributed by atoms with van der Waals surface area (Å²) in [6.45, 7) is 4.39. The van der Waals surface area contributed by atoms with Crippen molar-refractivity contribution in [3.8, 4) is 11.3 Å². The first-order chi connectivity index (χ1) is 18.2. The molecule has 9 nitrogen and oxygen atoms in total. The Labute approximate surface area is 213 Å². The lowest BCUT2D eigenvalue weighted by Gasteiger charge is -2.25. The molecule has 2 aliphatic heterocycles. The van der Waals surface area contributed by atoms with Gasteiger partial charge in [-0.3, -0.25) is 9.20 Å². The number of nitrogens with one attached hydrogen (secondary N) is 3. The topological polar surface area (TPSA) is 95.8 Å². The summed E-state index contributed by atoms with van der Waals surface area (Å²) in [7, 11) is 0. The lowest BCUT2D eigenvalue weighted by atomic mass is 9.99. The number of amides is 1. The fraction of sp³-hybridized carbons (Fsp3) is 0.296. The van der Waals surface area contributed by atoms with Gasteiger partial charge in [0.2, 0.25) is 0 Å². The number of hydrogen-bond acceptors (Lipinski definition) is 7. The third kappa shape index (κ3) is 4.73. The number of fused-ring (bicyclic) bond motifs is 2. The minimum absolute atomic E-state index is 0.143. The van der Waals surface area contributed by atoms with Crippen LogP contribution >= 0.6 is 0 Å². The smallest absolute Gasteiger partial charge is 0.254 e. The van der Waals surface area contributed by atoms with Gasteiger partial charge < -0.3 is 25.6 Å². The van der Waals surface area contributed by atoms with E-state index in [1.165, 1.54) is 12.1 Å². The van der Waals surface area contributed by atoms with Crippen molar-refractivity contribution in [2.45, 2.75) is 19.4 Å². The summed E-state index contributed by atoms with van der Waals surface area (Å²) in [5, 5.41) is 9.62. The Bertz CT molecular complexity index is 1430. The molecule has 0 radical (unpaired) electrons. The Kier molecular flexibility index (Phi) is 6.42. The largest absolute Gasteiger partial charge is 0.360 e. The SMILES string of the molecule is O=C1NCc2c(-c3cnc4cc(F)ccn34)ccc(Nc3ccc(N4CCCCNCCOC4)cn3)c21. The van der Waals surface area contributed by atoms with Crippen molar-refractivity contribution in [2.24, 2.45) is 0 Å². The number of ether oxygens (including phenoxy) is 1. The molecule has 3 aromatic heterocycles. The van der Waals surface area contributed by atoms with E-state index < -0.39 is 0 Å². The standard InChI is InChI=1S/C27H28FN7O2/c28-18-7-11-35-23(16-31-25(35)13-18)20-4-5-22(26-21(20)15-32-27(26)36)33-24-6-3-19(14-30-24)34-10-2-1-8-29-9-12-37-17-34/h3-7,11,13-14,16,29H,1-2,8-10,12,15,17H2,(H,30,33)(H,32,36). The van der Waals surface area contributed by atoms with E-state index in [1.807, 2.05) is 34.9 Å². The van der Waals surface area contributed by atoms with Crippen LogP contribution in [-0.4, -0.2) is 53.2 Å². The Morgan fingerprint density at radius 2 is 2.00 bits per heavy atom. The number of pyridine rings is 2. The van der Waals surface area contributed by atoms with E-state index in [1.54, 1.807) is 12.4 Å². The maximum Gasteiger partial charge on any atom is 0.254 e. The molecule has 37 heavy (non-hydrogen) atoms. The molecule has 5 heterocycles. The van der Waals surface area contributed by atoms with Gasteiger partial charge in [-0.2, -0.15) is 0 Å². The molecule has 0 spiro atoms. The zero-order chi connectivity index (χ0) is 25.2. The summed E-state index contributed by atoms with van der Waals surface area (Å²) < 4.78 is 21.3. The van der Waals surface area contributed by atoms with Crippen molar-refractivity contribution in [1.29, 1.82) is 0 Å². The van der Waals surface area contributed by atoms with Gasteiger partial charge in [0.1, 0.15) is 24.0 Å². The highest BCUT2D eigenvalue weighted by Gasteiger charge is 2.27. The summed E-state index contributed by atoms with van der Waals surface area (Å²) in [6.07, 6.45) is 7.39. The molecule has 3 N–H and O–H groups in total. The van der Waals surface area contributed by atoms with Crippen LogP contribution in [-0.2, 0) is 11.3 Å². The first-order valence-electron chi connectivity index (χ1n) is 12.5. The molecular formula is C27H28FN7O2. The summed E-state index contributed by atoms with van der Waals surface area (Å²) >= 11 is 0. The molecule has 2 aliphatic rings. The lowest BCUT2D eigenvalue weighted by Crippen LogP contribution is -2.32. The minimum Gasteiger partial charge on any atom is -0.360 e. The highest BCUT2D eigenvalue weighted by molar-refractivity contribution is 6.06. The number of carbonyl (C=O) groups is 1. The number of halogens is 1. The molecular weight excluding hydrogens is 473 g/mol. The molecule has 0 unspecified atom stereocenters. The molecule has 1 saturated heterocycles. The van der Waals surface area contributed by atoms with Crippen LogP contribution in [0.1, 0.15) is 28.8 Å². The van der Waals surface area contributed by atoms with E-state index in [0.717, 1.165) is 55.0 Å². The third-order valence-electron chi connectivity index (χ3n) is 6.79. The summed E-state index contributed by atoms with van der Waals surface area (Å²) in [4.78, 5) is 24.0. The fourth-order valence-corrected chi connectivity index (χ4v) is 4.90. The van der Waals surface area contributed by atoms with E-state index in [4.69, 9.17) is 4.74 Å². The number of carbonyl (C=O) groups excluding carboxylic acids is 1. The number of benzene rings is 1. The second-order valence-corrected chi connectivity index (χ2v) is 9.20. The van der Waals surface area contributed by atoms with Crippen LogP contribution in [0.25, 0.3) is 16.9 Å². The summed E-state index contributed by atoms with van der Waals surface area (Å²) in [5.41, 5.74) is 5.33. The molecule has 1 amide bonds. The molecule has 0 bridgehead atoms. The quantitative estimate of drug-likeness (QED) is 0.393. The molecule has 1 fully saturated rings. The predicted octanol–water partition coefficient (Wildman–Crippen LogP) is 3.69. The molecule has 10 heteroatoms. The molecule has 6 rings (SSSR count). The zero-order valence-corrected chi connectivity index (χ0v) is 20.3. The van der Waals surface area contributed by atoms with Crippen LogP contribution in [0.15, 0.2) is 55.0 Å². The molecule has 190 valence electrons. The van der Waals surface area contributed by atoms with Crippen molar-refractivity contribution < 1.29 is 13.9 Å². The molecule has 4 aromatic rings. The number of aromatic nitrogens is 3. The van der Waals surface area contributed by atoms with Gasteiger partial charge in [0.05, 0.1) is 41.6 Å². The van der Waals surface area contributed by atoms with Gasteiger partial charge in [-0.15, -0.1) is 0 Å². The number of hydrogen-bond donors (Lipinski definition) is 3. The molecule has 0 saturated carbocycles. The average molecular weight is 502 g/mol. The number of nitrogens with zero attached hydrogens (tertiary/aromatic N) is 4. The van der Waals surface area contributed by atoms with Gasteiger partial charge in [-0.25, -0.2) is 14.4 Å². The van der Waals surface area contributed by atoms with Crippen LogP contribution in [0.5, 0.6) is 0 Å². The molecule has 0 atom stereocenters. The zero-order valence-electron chi connectivity index (χ0n) is 20.3. The maximum absolute atomic E-state index is 13.6. The fourth-order valence-electron chi connectivity index (χ4n) is 4.90. The number of imidazole rings is 1.